The topological polar surface area (TPSA) is 49.0 Å². The molecule has 3 aromatic rings. The monoisotopic (exact) mass is 305 g/mol. The summed E-state index contributed by atoms with van der Waals surface area (Å²) < 4.78 is 1.82. The van der Waals surface area contributed by atoms with Gasteiger partial charge in [0.25, 0.3) is 5.56 Å². The smallest absolute Gasteiger partial charge is 0.269 e. The number of nitrogens with zero attached hydrogens (tertiary/aromatic N) is 2. The van der Waals surface area contributed by atoms with Crippen LogP contribution in [0, 0.1) is 0 Å². The Morgan fingerprint density at radius 1 is 1.35 bits per heavy atom. The van der Waals surface area contributed by atoms with E-state index in [9.17, 15) is 4.79 Å². The molecule has 4 nitrogen and oxygen atoms in total. The SMILES string of the molecule is CN(C)CCSc1nc2c(sc3ccccc32)c(=O)[nH]1. The van der Waals surface area contributed by atoms with E-state index in [2.05, 4.69) is 14.9 Å². The summed E-state index contributed by atoms with van der Waals surface area (Å²) in [5.74, 6) is 0.906. The number of thioether (sulfide) groups is 1. The number of rotatable bonds is 4. The third kappa shape index (κ3) is 2.59. The first-order valence-corrected chi connectivity index (χ1v) is 8.14. The zero-order valence-corrected chi connectivity index (χ0v) is 13.0. The maximum absolute atomic E-state index is 12.2. The molecule has 0 spiro atoms. The molecule has 0 unspecified atom stereocenters. The standard InChI is InChI=1S/C14H15N3OS2/c1-17(2)7-8-19-14-15-11-9-5-3-4-6-10(9)20-12(11)13(18)16-14/h3-6H,7-8H2,1-2H3,(H,15,16,18). The van der Waals surface area contributed by atoms with Gasteiger partial charge in [0.1, 0.15) is 4.70 Å². The Hall–Kier alpha value is -1.37. The molecule has 0 bridgehead atoms. The van der Waals surface area contributed by atoms with Gasteiger partial charge < -0.3 is 9.88 Å². The molecule has 0 aliphatic rings. The van der Waals surface area contributed by atoms with Gasteiger partial charge in [0.2, 0.25) is 0 Å². The highest BCUT2D eigenvalue weighted by Gasteiger charge is 2.11. The van der Waals surface area contributed by atoms with Gasteiger partial charge in [0.05, 0.1) is 5.52 Å². The van der Waals surface area contributed by atoms with Gasteiger partial charge in [-0.2, -0.15) is 0 Å². The lowest BCUT2D eigenvalue weighted by molar-refractivity contribution is 0.437. The fourth-order valence-corrected chi connectivity index (χ4v) is 3.98. The molecule has 0 aliphatic carbocycles. The van der Waals surface area contributed by atoms with Crippen LogP contribution in [0.1, 0.15) is 0 Å². The molecule has 20 heavy (non-hydrogen) atoms. The van der Waals surface area contributed by atoms with Crippen molar-refractivity contribution >= 4 is 43.4 Å². The number of aromatic nitrogens is 2. The van der Waals surface area contributed by atoms with E-state index in [1.807, 2.05) is 38.4 Å². The van der Waals surface area contributed by atoms with Crippen molar-refractivity contribution in [3.8, 4) is 0 Å². The molecule has 0 fully saturated rings. The lowest BCUT2D eigenvalue weighted by atomic mass is 10.2. The van der Waals surface area contributed by atoms with Crippen LogP contribution in [0.4, 0.5) is 0 Å². The van der Waals surface area contributed by atoms with Crippen LogP contribution in [0.2, 0.25) is 0 Å². The Morgan fingerprint density at radius 3 is 2.95 bits per heavy atom. The van der Waals surface area contributed by atoms with E-state index in [1.54, 1.807) is 11.8 Å². The highest BCUT2D eigenvalue weighted by molar-refractivity contribution is 7.99. The van der Waals surface area contributed by atoms with Crippen LogP contribution >= 0.6 is 23.1 Å². The predicted molar refractivity (Wildman–Crippen MR) is 87.0 cm³/mol. The van der Waals surface area contributed by atoms with E-state index in [4.69, 9.17) is 0 Å². The summed E-state index contributed by atoms with van der Waals surface area (Å²) in [7, 11) is 4.07. The lowest BCUT2D eigenvalue weighted by Crippen LogP contribution is -2.15. The van der Waals surface area contributed by atoms with Crippen molar-refractivity contribution in [2.45, 2.75) is 5.16 Å². The van der Waals surface area contributed by atoms with Crippen molar-refractivity contribution in [3.63, 3.8) is 0 Å². The molecular weight excluding hydrogens is 290 g/mol. The zero-order valence-electron chi connectivity index (χ0n) is 11.3. The van der Waals surface area contributed by atoms with E-state index in [-0.39, 0.29) is 5.56 Å². The van der Waals surface area contributed by atoms with E-state index < -0.39 is 0 Å². The van der Waals surface area contributed by atoms with Gasteiger partial charge >= 0.3 is 0 Å². The van der Waals surface area contributed by atoms with Gasteiger partial charge in [0.15, 0.2) is 5.16 Å². The summed E-state index contributed by atoms with van der Waals surface area (Å²) in [5, 5.41) is 1.76. The lowest BCUT2D eigenvalue weighted by Gasteiger charge is -2.07. The molecule has 0 saturated heterocycles. The maximum atomic E-state index is 12.2. The minimum absolute atomic E-state index is 0.0384. The van der Waals surface area contributed by atoms with Gasteiger partial charge in [-0.15, -0.1) is 11.3 Å². The Balaban J connectivity index is 2.03. The summed E-state index contributed by atoms with van der Waals surface area (Å²) in [6.45, 7) is 0.955. The van der Waals surface area contributed by atoms with Crippen LogP contribution in [0.15, 0.2) is 34.2 Å². The average molecular weight is 305 g/mol. The summed E-state index contributed by atoms with van der Waals surface area (Å²) in [6.07, 6.45) is 0. The Morgan fingerprint density at radius 2 is 2.15 bits per heavy atom. The van der Waals surface area contributed by atoms with Gasteiger partial charge in [-0.25, -0.2) is 4.98 Å². The molecule has 0 atom stereocenters. The number of hydrogen-bond acceptors (Lipinski definition) is 5. The van der Waals surface area contributed by atoms with Gasteiger partial charge in [-0.1, -0.05) is 30.0 Å². The van der Waals surface area contributed by atoms with Crippen LogP contribution in [-0.2, 0) is 0 Å². The molecular formula is C14H15N3OS2. The highest BCUT2D eigenvalue weighted by atomic mass is 32.2. The van der Waals surface area contributed by atoms with Crippen molar-refractivity contribution in [1.29, 1.82) is 0 Å². The first-order chi connectivity index (χ1) is 9.65. The number of fused-ring (bicyclic) bond motifs is 3. The van der Waals surface area contributed by atoms with Gasteiger partial charge in [-0.05, 0) is 20.2 Å². The van der Waals surface area contributed by atoms with Crippen LogP contribution in [-0.4, -0.2) is 41.3 Å². The van der Waals surface area contributed by atoms with Crippen LogP contribution < -0.4 is 5.56 Å². The minimum Gasteiger partial charge on any atom is -0.309 e. The van der Waals surface area contributed by atoms with E-state index >= 15 is 0 Å². The molecule has 0 saturated carbocycles. The van der Waals surface area contributed by atoms with E-state index in [0.717, 1.165) is 27.9 Å². The fraction of sp³-hybridized carbons (Fsp3) is 0.286. The Labute approximate surface area is 124 Å². The molecule has 0 aliphatic heterocycles. The second-order valence-electron chi connectivity index (χ2n) is 4.80. The van der Waals surface area contributed by atoms with Crippen molar-refractivity contribution in [2.24, 2.45) is 0 Å². The number of benzene rings is 1. The number of hydrogen-bond donors (Lipinski definition) is 1. The summed E-state index contributed by atoms with van der Waals surface area (Å²) in [5.41, 5.74) is 0.783. The Kier molecular flexibility index (Phi) is 3.78. The fourth-order valence-electron chi connectivity index (χ4n) is 1.97. The van der Waals surface area contributed by atoms with Gasteiger partial charge in [0, 0.05) is 22.4 Å². The number of thiophene rings is 1. The van der Waals surface area contributed by atoms with Crippen LogP contribution in [0.25, 0.3) is 20.3 Å². The number of aromatic amines is 1. The Bertz CT molecular complexity index is 807. The van der Waals surface area contributed by atoms with Crippen molar-refractivity contribution in [3.05, 3.63) is 34.6 Å². The second kappa shape index (κ2) is 5.55. The minimum atomic E-state index is -0.0384. The van der Waals surface area contributed by atoms with Crippen molar-refractivity contribution in [2.75, 3.05) is 26.4 Å². The summed E-state index contributed by atoms with van der Waals surface area (Å²) in [4.78, 5) is 21.8. The molecule has 3 rings (SSSR count). The predicted octanol–water partition coefficient (Wildman–Crippen LogP) is 2.79. The first kappa shape index (κ1) is 13.6. The van der Waals surface area contributed by atoms with Gasteiger partial charge in [-0.3, -0.25) is 4.79 Å². The van der Waals surface area contributed by atoms with Crippen molar-refractivity contribution < 1.29 is 0 Å². The number of H-pyrrole nitrogens is 1. The molecule has 6 heteroatoms. The number of nitrogens with one attached hydrogen (secondary N) is 1. The summed E-state index contributed by atoms with van der Waals surface area (Å²) >= 11 is 3.09. The van der Waals surface area contributed by atoms with Crippen LogP contribution in [0.3, 0.4) is 0 Å². The maximum Gasteiger partial charge on any atom is 0.269 e. The largest absolute Gasteiger partial charge is 0.309 e. The molecule has 104 valence electrons. The zero-order chi connectivity index (χ0) is 14.1. The molecule has 0 amide bonds. The van der Waals surface area contributed by atoms with Crippen molar-refractivity contribution in [1.82, 2.24) is 14.9 Å². The average Bonchev–Trinajstić information content (AvgIpc) is 2.78. The third-order valence-corrected chi connectivity index (χ3v) is 5.00. The van der Waals surface area contributed by atoms with E-state index in [0.29, 0.717) is 9.86 Å². The molecule has 1 N–H and O–H groups in total. The molecule has 2 heterocycles. The first-order valence-electron chi connectivity index (χ1n) is 6.34. The molecule has 2 aromatic heterocycles. The second-order valence-corrected chi connectivity index (χ2v) is 6.93. The highest BCUT2D eigenvalue weighted by Crippen LogP contribution is 2.30. The van der Waals surface area contributed by atoms with Crippen LogP contribution in [0.5, 0.6) is 0 Å². The molecule has 0 radical (unpaired) electrons. The van der Waals surface area contributed by atoms with E-state index in [1.165, 1.54) is 11.3 Å². The molecule has 1 aromatic carbocycles. The summed E-state index contributed by atoms with van der Waals surface area (Å²) in [6, 6.07) is 8.02. The third-order valence-electron chi connectivity index (χ3n) is 2.99. The quantitative estimate of drug-likeness (QED) is 0.595. The normalized spacial score (nSPS) is 11.8.